The molecule has 3 fully saturated rings. The second kappa shape index (κ2) is 8.86. The van der Waals surface area contributed by atoms with Crippen molar-refractivity contribution < 1.29 is 27.1 Å². The van der Waals surface area contributed by atoms with Gasteiger partial charge in [0.05, 0.1) is 17.2 Å². The van der Waals surface area contributed by atoms with E-state index in [2.05, 4.69) is 19.9 Å². The largest absolute Gasteiger partial charge is 0.470 e. The Labute approximate surface area is 198 Å². The number of amides is 1. The van der Waals surface area contributed by atoms with Gasteiger partial charge in [-0.3, -0.25) is 9.78 Å². The summed E-state index contributed by atoms with van der Waals surface area (Å²) in [5.74, 6) is -1.54. The first kappa shape index (κ1) is 23.1. The zero-order valence-electron chi connectivity index (χ0n) is 18.7. The van der Waals surface area contributed by atoms with Crippen molar-refractivity contribution in [1.29, 1.82) is 0 Å². The minimum absolute atomic E-state index is 0.105. The zero-order chi connectivity index (χ0) is 24.7. The second-order valence-electron chi connectivity index (χ2n) is 8.85. The fourth-order valence-electron chi connectivity index (χ4n) is 4.79. The van der Waals surface area contributed by atoms with Crippen LogP contribution in [0.3, 0.4) is 0 Å². The average molecular weight is 487 g/mol. The first-order valence-corrected chi connectivity index (χ1v) is 11.1. The van der Waals surface area contributed by atoms with Crippen LogP contribution in [0.2, 0.25) is 0 Å². The lowest BCUT2D eigenvalue weighted by molar-refractivity contribution is -0.138. The molecule has 0 unspecified atom stereocenters. The van der Waals surface area contributed by atoms with Crippen molar-refractivity contribution in [3.8, 4) is 17.3 Å². The molecule has 182 valence electrons. The molecule has 3 atom stereocenters. The maximum Gasteiger partial charge on any atom is 0.417 e. The summed E-state index contributed by atoms with van der Waals surface area (Å²) < 4.78 is 58.7. The van der Waals surface area contributed by atoms with Gasteiger partial charge in [-0.2, -0.15) is 13.2 Å². The number of fused-ring (bicyclic) bond motifs is 3. The third-order valence-corrected chi connectivity index (χ3v) is 6.41. The summed E-state index contributed by atoms with van der Waals surface area (Å²) in [5.41, 5.74) is 0.358. The summed E-state index contributed by atoms with van der Waals surface area (Å²) in [6, 6.07) is 3.44. The molecule has 3 aromatic heterocycles. The molecule has 3 aromatic rings. The monoisotopic (exact) mass is 487 g/mol. The first-order valence-electron chi connectivity index (χ1n) is 11.1. The van der Waals surface area contributed by atoms with Crippen LogP contribution < -0.4 is 4.74 Å². The lowest BCUT2D eigenvalue weighted by Crippen LogP contribution is -2.59. The SMILES string of the molecule is Cc1cnc(C(=O)N2C[C@@H]3CC[C@H]2[C@H](Oc2ncc(C(F)(F)F)cc2F)C3)c(-c2ncccn2)c1. The van der Waals surface area contributed by atoms with Gasteiger partial charge in [0.25, 0.3) is 11.8 Å². The number of hydrogen-bond donors (Lipinski definition) is 0. The van der Waals surface area contributed by atoms with Crippen molar-refractivity contribution in [2.75, 3.05) is 6.54 Å². The lowest BCUT2D eigenvalue weighted by atomic mass is 9.77. The minimum atomic E-state index is -4.71. The number of alkyl halides is 3. The Hall–Kier alpha value is -3.63. The molecule has 0 radical (unpaired) electrons. The predicted molar refractivity (Wildman–Crippen MR) is 116 cm³/mol. The number of carbonyl (C=O) groups is 1. The van der Waals surface area contributed by atoms with Crippen LogP contribution in [0.4, 0.5) is 17.6 Å². The summed E-state index contributed by atoms with van der Waals surface area (Å²) in [6.45, 7) is 2.34. The van der Waals surface area contributed by atoms with Gasteiger partial charge in [0.2, 0.25) is 0 Å². The van der Waals surface area contributed by atoms with Gasteiger partial charge in [-0.25, -0.2) is 19.3 Å². The molecule has 6 rings (SSSR count). The molecule has 0 spiro atoms. The molecule has 2 aliphatic heterocycles. The van der Waals surface area contributed by atoms with E-state index in [1.165, 1.54) is 0 Å². The van der Waals surface area contributed by atoms with Crippen molar-refractivity contribution in [3.63, 3.8) is 0 Å². The molecule has 5 heterocycles. The summed E-state index contributed by atoms with van der Waals surface area (Å²) in [7, 11) is 0. The summed E-state index contributed by atoms with van der Waals surface area (Å²) in [5, 5.41) is 0. The highest BCUT2D eigenvalue weighted by Crippen LogP contribution is 2.39. The number of aromatic nitrogens is 4. The van der Waals surface area contributed by atoms with Gasteiger partial charge in [-0.05, 0) is 55.9 Å². The van der Waals surface area contributed by atoms with E-state index in [0.717, 1.165) is 12.0 Å². The summed E-state index contributed by atoms with van der Waals surface area (Å²) in [4.78, 5) is 31.8. The van der Waals surface area contributed by atoms with Gasteiger partial charge in [-0.15, -0.1) is 0 Å². The third-order valence-electron chi connectivity index (χ3n) is 6.41. The molecule has 35 heavy (non-hydrogen) atoms. The predicted octanol–water partition coefficient (Wildman–Crippen LogP) is 4.47. The van der Waals surface area contributed by atoms with E-state index in [4.69, 9.17) is 4.74 Å². The Morgan fingerprint density at radius 1 is 1.09 bits per heavy atom. The Morgan fingerprint density at radius 3 is 2.54 bits per heavy atom. The first-order chi connectivity index (χ1) is 16.7. The fraction of sp³-hybridized carbons (Fsp3) is 0.375. The molecule has 11 heteroatoms. The van der Waals surface area contributed by atoms with E-state index < -0.39 is 35.6 Å². The fourth-order valence-corrected chi connectivity index (χ4v) is 4.79. The Kier molecular flexibility index (Phi) is 5.86. The zero-order valence-corrected chi connectivity index (χ0v) is 18.7. The molecule has 2 bridgehead atoms. The highest BCUT2D eigenvalue weighted by Gasteiger charge is 2.45. The number of nitrogens with zero attached hydrogens (tertiary/aromatic N) is 5. The van der Waals surface area contributed by atoms with Crippen molar-refractivity contribution in [3.05, 3.63) is 65.6 Å². The molecule has 1 saturated carbocycles. The summed E-state index contributed by atoms with van der Waals surface area (Å²) in [6.07, 6.45) is 2.02. The van der Waals surface area contributed by atoms with E-state index in [9.17, 15) is 22.4 Å². The van der Waals surface area contributed by atoms with Gasteiger partial charge in [0.1, 0.15) is 11.8 Å². The minimum Gasteiger partial charge on any atom is -0.470 e. The van der Waals surface area contributed by atoms with E-state index in [1.807, 2.05) is 6.92 Å². The maximum absolute atomic E-state index is 14.4. The Balaban J connectivity index is 1.42. The summed E-state index contributed by atoms with van der Waals surface area (Å²) >= 11 is 0. The number of piperidine rings is 2. The molecule has 1 amide bonds. The maximum atomic E-state index is 14.4. The van der Waals surface area contributed by atoms with Crippen molar-refractivity contribution in [2.45, 2.75) is 44.5 Å². The molecular formula is C24H21F4N5O2. The molecule has 0 aromatic carbocycles. The van der Waals surface area contributed by atoms with E-state index >= 15 is 0 Å². The van der Waals surface area contributed by atoms with Crippen LogP contribution in [0.15, 0.2) is 43.0 Å². The van der Waals surface area contributed by atoms with E-state index in [1.54, 1.807) is 35.6 Å². The number of carbonyl (C=O) groups excluding carboxylic acids is 1. The van der Waals surface area contributed by atoms with E-state index in [-0.39, 0.29) is 17.5 Å². The molecular weight excluding hydrogens is 466 g/mol. The average Bonchev–Trinajstić information content (AvgIpc) is 2.85. The van der Waals surface area contributed by atoms with Crippen LogP contribution in [-0.2, 0) is 6.18 Å². The molecule has 0 N–H and O–H groups in total. The standard InChI is InChI=1S/C24H21F4N5O2/c1-13-7-16(21-29-5-2-6-30-21)20(31-10-13)23(34)33-12-14-3-4-18(33)19(8-14)35-22-17(25)9-15(11-32-22)24(26,27)28/h2,5-7,9-11,14,18-19H,3-4,8,12H2,1H3/t14-,18+,19-/m1/s1. The number of aryl methyl sites for hydroxylation is 1. The van der Waals surface area contributed by atoms with Crippen LogP contribution in [0, 0.1) is 18.7 Å². The van der Waals surface area contributed by atoms with Gasteiger partial charge in [-0.1, -0.05) is 0 Å². The van der Waals surface area contributed by atoms with E-state index in [0.29, 0.717) is 43.0 Å². The third kappa shape index (κ3) is 4.54. The smallest absolute Gasteiger partial charge is 0.417 e. The van der Waals surface area contributed by atoms with Crippen LogP contribution in [0.1, 0.15) is 40.9 Å². The normalized spacial score (nSPS) is 21.7. The number of pyridine rings is 2. The Morgan fingerprint density at radius 2 is 1.86 bits per heavy atom. The molecule has 3 aliphatic rings. The number of ether oxygens (including phenoxy) is 1. The highest BCUT2D eigenvalue weighted by atomic mass is 19.4. The van der Waals surface area contributed by atoms with Gasteiger partial charge < -0.3 is 9.64 Å². The van der Waals surface area contributed by atoms with Crippen molar-refractivity contribution >= 4 is 5.91 Å². The number of halogens is 4. The number of hydrogen-bond acceptors (Lipinski definition) is 6. The highest BCUT2D eigenvalue weighted by molar-refractivity contribution is 5.98. The molecule has 7 nitrogen and oxygen atoms in total. The van der Waals surface area contributed by atoms with Gasteiger partial charge in [0.15, 0.2) is 11.6 Å². The van der Waals surface area contributed by atoms with Crippen molar-refractivity contribution in [1.82, 2.24) is 24.8 Å². The van der Waals surface area contributed by atoms with Crippen molar-refractivity contribution in [2.24, 2.45) is 5.92 Å². The number of rotatable bonds is 4. The van der Waals surface area contributed by atoms with Crippen LogP contribution in [-0.4, -0.2) is 49.4 Å². The second-order valence-corrected chi connectivity index (χ2v) is 8.85. The Bertz CT molecular complexity index is 1250. The van der Waals surface area contributed by atoms with Crippen LogP contribution in [0.5, 0.6) is 5.88 Å². The molecule has 1 aliphatic carbocycles. The van der Waals surface area contributed by atoms with Crippen LogP contribution in [0.25, 0.3) is 11.4 Å². The lowest BCUT2D eigenvalue weighted by Gasteiger charge is -2.49. The van der Waals surface area contributed by atoms with Gasteiger partial charge >= 0.3 is 6.18 Å². The quantitative estimate of drug-likeness (QED) is 0.505. The van der Waals surface area contributed by atoms with Gasteiger partial charge in [0, 0.05) is 31.3 Å². The van der Waals surface area contributed by atoms with Crippen LogP contribution >= 0.6 is 0 Å². The molecule has 2 saturated heterocycles. The topological polar surface area (TPSA) is 81.1 Å².